The lowest BCUT2D eigenvalue weighted by Crippen LogP contribution is -2.42. The van der Waals surface area contributed by atoms with Crippen molar-refractivity contribution < 1.29 is 14.3 Å². The number of likely N-dealkylation sites (N-methyl/N-ethyl adjacent to an activating group) is 2. The first-order chi connectivity index (χ1) is 9.11. The zero-order chi connectivity index (χ0) is 13.8. The van der Waals surface area contributed by atoms with E-state index in [2.05, 4.69) is 5.32 Å². The van der Waals surface area contributed by atoms with Gasteiger partial charge >= 0.3 is 0 Å². The largest absolute Gasteiger partial charge is 0.454 e. The summed E-state index contributed by atoms with van der Waals surface area (Å²) in [7, 11) is 1.94. The van der Waals surface area contributed by atoms with Gasteiger partial charge in [-0.05, 0) is 38.6 Å². The summed E-state index contributed by atoms with van der Waals surface area (Å²) in [6, 6.07) is 5.70. The summed E-state index contributed by atoms with van der Waals surface area (Å²) in [5.74, 6) is 1.60. The molecule has 1 aliphatic heterocycles. The molecular formula is C14H20N2O3. The van der Waals surface area contributed by atoms with E-state index in [1.165, 1.54) is 0 Å². The zero-order valence-electron chi connectivity index (χ0n) is 11.6. The smallest absolute Gasteiger partial charge is 0.237 e. The Labute approximate surface area is 113 Å². The molecule has 0 aliphatic carbocycles. The van der Waals surface area contributed by atoms with Crippen LogP contribution in [0.4, 0.5) is 0 Å². The zero-order valence-corrected chi connectivity index (χ0v) is 11.6. The van der Waals surface area contributed by atoms with Gasteiger partial charge in [0.05, 0.1) is 6.04 Å². The number of nitrogens with zero attached hydrogens (tertiary/aromatic N) is 1. The van der Waals surface area contributed by atoms with Gasteiger partial charge in [-0.25, -0.2) is 0 Å². The predicted molar refractivity (Wildman–Crippen MR) is 72.2 cm³/mol. The topological polar surface area (TPSA) is 50.8 Å². The highest BCUT2D eigenvalue weighted by Crippen LogP contribution is 2.32. The van der Waals surface area contributed by atoms with Crippen LogP contribution in [0.2, 0.25) is 0 Å². The van der Waals surface area contributed by atoms with Gasteiger partial charge in [-0.2, -0.15) is 0 Å². The fourth-order valence-corrected chi connectivity index (χ4v) is 1.99. The van der Waals surface area contributed by atoms with Gasteiger partial charge in [-0.1, -0.05) is 6.07 Å². The van der Waals surface area contributed by atoms with Crippen molar-refractivity contribution in [3.63, 3.8) is 0 Å². The number of benzene rings is 1. The minimum absolute atomic E-state index is 0.0470. The number of hydrogen-bond donors (Lipinski definition) is 1. The molecule has 1 N–H and O–H groups in total. The Morgan fingerprint density at radius 2 is 2.16 bits per heavy atom. The van der Waals surface area contributed by atoms with Gasteiger partial charge in [-0.15, -0.1) is 0 Å². The van der Waals surface area contributed by atoms with Gasteiger partial charge in [0.25, 0.3) is 0 Å². The first-order valence-corrected chi connectivity index (χ1v) is 6.48. The third kappa shape index (κ3) is 3.17. The molecule has 1 aliphatic rings. The molecular weight excluding hydrogens is 244 g/mol. The minimum Gasteiger partial charge on any atom is -0.454 e. The fraction of sp³-hybridized carbons (Fsp3) is 0.500. The normalized spacial score (nSPS) is 14.5. The number of ether oxygens (including phenoxy) is 2. The second-order valence-corrected chi connectivity index (χ2v) is 4.67. The summed E-state index contributed by atoms with van der Waals surface area (Å²) >= 11 is 0. The lowest BCUT2D eigenvalue weighted by molar-refractivity contribution is -0.125. The monoisotopic (exact) mass is 264 g/mol. The van der Waals surface area contributed by atoms with E-state index in [0.29, 0.717) is 13.1 Å². The molecule has 1 atom stereocenters. The molecule has 0 radical (unpaired) electrons. The van der Waals surface area contributed by atoms with Crippen LogP contribution in [0.15, 0.2) is 18.2 Å². The first kappa shape index (κ1) is 13.7. The molecule has 5 nitrogen and oxygen atoms in total. The van der Waals surface area contributed by atoms with E-state index in [1.807, 2.05) is 44.0 Å². The molecule has 0 saturated carbocycles. The molecule has 19 heavy (non-hydrogen) atoms. The minimum atomic E-state index is -0.162. The third-order valence-electron chi connectivity index (χ3n) is 3.26. The summed E-state index contributed by atoms with van der Waals surface area (Å²) in [4.78, 5) is 13.8. The molecule has 1 amide bonds. The van der Waals surface area contributed by atoms with Gasteiger partial charge in [0, 0.05) is 13.1 Å². The van der Waals surface area contributed by atoms with Crippen LogP contribution >= 0.6 is 0 Å². The SMILES string of the molecule is CCNC(=O)[C@@H](C)N(C)Cc1ccc2c(c1)OCO2. The van der Waals surface area contributed by atoms with E-state index in [-0.39, 0.29) is 18.7 Å². The Kier molecular flexibility index (Phi) is 4.27. The molecule has 104 valence electrons. The van der Waals surface area contributed by atoms with Gasteiger partial charge < -0.3 is 14.8 Å². The highest BCUT2D eigenvalue weighted by molar-refractivity contribution is 5.81. The van der Waals surface area contributed by atoms with Crippen LogP contribution in [0.25, 0.3) is 0 Å². The molecule has 0 unspecified atom stereocenters. The quantitative estimate of drug-likeness (QED) is 0.872. The second kappa shape index (κ2) is 5.93. The number of nitrogens with one attached hydrogen (secondary N) is 1. The maximum atomic E-state index is 11.8. The summed E-state index contributed by atoms with van der Waals surface area (Å²) in [6.07, 6.45) is 0. The van der Waals surface area contributed by atoms with Gasteiger partial charge in [0.1, 0.15) is 0 Å². The van der Waals surface area contributed by atoms with Crippen molar-refractivity contribution in [3.05, 3.63) is 23.8 Å². The van der Waals surface area contributed by atoms with Gasteiger partial charge in [-0.3, -0.25) is 9.69 Å². The van der Waals surface area contributed by atoms with Crippen molar-refractivity contribution in [2.45, 2.75) is 26.4 Å². The Morgan fingerprint density at radius 1 is 1.42 bits per heavy atom. The van der Waals surface area contributed by atoms with E-state index in [9.17, 15) is 4.79 Å². The van der Waals surface area contributed by atoms with E-state index in [1.54, 1.807) is 0 Å². The highest BCUT2D eigenvalue weighted by Gasteiger charge is 2.19. The molecule has 1 aromatic carbocycles. The number of amides is 1. The third-order valence-corrected chi connectivity index (χ3v) is 3.26. The molecule has 0 bridgehead atoms. The average molecular weight is 264 g/mol. The van der Waals surface area contributed by atoms with Crippen LogP contribution in [0.1, 0.15) is 19.4 Å². The van der Waals surface area contributed by atoms with Crippen molar-refractivity contribution >= 4 is 5.91 Å². The summed E-state index contributed by atoms with van der Waals surface area (Å²) in [6.45, 7) is 5.44. The Hall–Kier alpha value is -1.75. The lowest BCUT2D eigenvalue weighted by atomic mass is 10.1. The molecule has 0 saturated heterocycles. The molecule has 0 fully saturated rings. The summed E-state index contributed by atoms with van der Waals surface area (Å²) < 4.78 is 10.6. The van der Waals surface area contributed by atoms with Crippen LogP contribution in [0.3, 0.4) is 0 Å². The van der Waals surface area contributed by atoms with Crippen molar-refractivity contribution in [1.29, 1.82) is 0 Å². The predicted octanol–water partition coefficient (Wildman–Crippen LogP) is 1.37. The van der Waals surface area contributed by atoms with Crippen LogP contribution in [0, 0.1) is 0 Å². The van der Waals surface area contributed by atoms with E-state index < -0.39 is 0 Å². The number of rotatable bonds is 5. The van der Waals surface area contributed by atoms with E-state index >= 15 is 0 Å². The molecule has 2 rings (SSSR count). The van der Waals surface area contributed by atoms with Crippen LogP contribution < -0.4 is 14.8 Å². The van der Waals surface area contributed by atoms with E-state index in [0.717, 1.165) is 17.1 Å². The Bertz CT molecular complexity index is 462. The Morgan fingerprint density at radius 3 is 2.89 bits per heavy atom. The van der Waals surface area contributed by atoms with Crippen LogP contribution in [-0.4, -0.2) is 37.2 Å². The maximum Gasteiger partial charge on any atom is 0.237 e. The van der Waals surface area contributed by atoms with Gasteiger partial charge in [0.15, 0.2) is 11.5 Å². The molecule has 5 heteroatoms. The number of hydrogen-bond acceptors (Lipinski definition) is 4. The second-order valence-electron chi connectivity index (χ2n) is 4.67. The van der Waals surface area contributed by atoms with Crippen molar-refractivity contribution in [3.8, 4) is 11.5 Å². The average Bonchev–Trinajstić information content (AvgIpc) is 2.85. The summed E-state index contributed by atoms with van der Waals surface area (Å²) in [5, 5.41) is 2.83. The van der Waals surface area contributed by atoms with Crippen LogP contribution in [-0.2, 0) is 11.3 Å². The number of carbonyl (C=O) groups excluding carboxylic acids is 1. The fourth-order valence-electron chi connectivity index (χ4n) is 1.99. The Balaban J connectivity index is 1.98. The van der Waals surface area contributed by atoms with Crippen molar-refractivity contribution in [2.75, 3.05) is 20.4 Å². The maximum absolute atomic E-state index is 11.8. The molecule has 0 aromatic heterocycles. The lowest BCUT2D eigenvalue weighted by Gasteiger charge is -2.23. The van der Waals surface area contributed by atoms with E-state index in [4.69, 9.17) is 9.47 Å². The molecule has 1 heterocycles. The number of fused-ring (bicyclic) bond motifs is 1. The van der Waals surface area contributed by atoms with Crippen LogP contribution in [0.5, 0.6) is 11.5 Å². The molecule has 0 spiro atoms. The van der Waals surface area contributed by atoms with Gasteiger partial charge in [0.2, 0.25) is 12.7 Å². The summed E-state index contributed by atoms with van der Waals surface area (Å²) in [5.41, 5.74) is 1.10. The molecule has 1 aromatic rings. The van der Waals surface area contributed by atoms with Crippen molar-refractivity contribution in [1.82, 2.24) is 10.2 Å². The number of carbonyl (C=O) groups is 1. The standard InChI is InChI=1S/C14H20N2O3/c1-4-15-14(17)10(2)16(3)8-11-5-6-12-13(7-11)19-9-18-12/h5-7,10H,4,8-9H2,1-3H3,(H,15,17)/t10-/m1/s1. The van der Waals surface area contributed by atoms with Crippen molar-refractivity contribution in [2.24, 2.45) is 0 Å². The highest BCUT2D eigenvalue weighted by atomic mass is 16.7. The first-order valence-electron chi connectivity index (χ1n) is 6.48.